The number of nitrogens with zero attached hydrogens (tertiary/aromatic N) is 3. The first kappa shape index (κ1) is 24.7. The molecule has 0 spiro atoms. The molecule has 2 fully saturated rings. The molecule has 1 N–H and O–H groups in total. The normalized spacial score (nSPS) is 18.9. The minimum absolute atomic E-state index is 0.211. The maximum absolute atomic E-state index is 12.9. The van der Waals surface area contributed by atoms with E-state index in [-0.39, 0.29) is 10.8 Å². The number of anilines is 2. The zero-order valence-corrected chi connectivity index (χ0v) is 21.2. The summed E-state index contributed by atoms with van der Waals surface area (Å²) in [7, 11) is -3.49. The zero-order chi connectivity index (χ0) is 24.3. The lowest BCUT2D eigenvalue weighted by Gasteiger charge is -2.38. The molecule has 2 aliphatic heterocycles. The van der Waals surface area contributed by atoms with Crippen LogP contribution in [0.1, 0.15) is 44.0 Å². The number of hydrogen-bond donors (Lipinski definition) is 1. The minimum Gasteiger partial charge on any atom is -0.369 e. The number of carbonyl (C=O) groups is 1. The van der Waals surface area contributed by atoms with Gasteiger partial charge in [0.1, 0.15) is 0 Å². The summed E-state index contributed by atoms with van der Waals surface area (Å²) in [6.45, 7) is 11.8. The number of piperazine rings is 1. The van der Waals surface area contributed by atoms with Crippen LogP contribution >= 0.6 is 0 Å². The molecular weight excluding hydrogens is 448 g/mol. The van der Waals surface area contributed by atoms with Crippen LogP contribution in [-0.2, 0) is 10.0 Å². The highest BCUT2D eigenvalue weighted by Crippen LogP contribution is 2.25. The second-order valence-electron chi connectivity index (χ2n) is 9.73. The van der Waals surface area contributed by atoms with Crippen LogP contribution in [0, 0.1) is 5.92 Å². The number of sulfonamides is 1. The molecule has 2 saturated heterocycles. The lowest BCUT2D eigenvalue weighted by molar-refractivity contribution is 0.102. The monoisotopic (exact) mass is 484 g/mol. The summed E-state index contributed by atoms with van der Waals surface area (Å²) in [4.78, 5) is 17.8. The van der Waals surface area contributed by atoms with Gasteiger partial charge in [-0.2, -0.15) is 4.31 Å². The summed E-state index contributed by atoms with van der Waals surface area (Å²) in [5.41, 5.74) is 2.27. The van der Waals surface area contributed by atoms with Gasteiger partial charge in [0.2, 0.25) is 10.0 Å². The molecule has 34 heavy (non-hydrogen) atoms. The Morgan fingerprint density at radius 2 is 1.47 bits per heavy atom. The van der Waals surface area contributed by atoms with Crippen LogP contribution in [0.4, 0.5) is 11.4 Å². The van der Waals surface area contributed by atoms with Gasteiger partial charge in [0, 0.05) is 62.2 Å². The Kier molecular flexibility index (Phi) is 7.60. The minimum atomic E-state index is -3.49. The third-order valence-electron chi connectivity index (χ3n) is 7.03. The molecule has 0 bridgehead atoms. The van der Waals surface area contributed by atoms with Gasteiger partial charge in [0.15, 0.2) is 0 Å². The molecule has 2 aromatic rings. The fourth-order valence-electron chi connectivity index (χ4n) is 4.61. The van der Waals surface area contributed by atoms with Crippen molar-refractivity contribution in [1.82, 2.24) is 9.21 Å². The Bertz CT molecular complexity index is 1070. The smallest absolute Gasteiger partial charge is 0.255 e. The van der Waals surface area contributed by atoms with Crippen LogP contribution in [0.5, 0.6) is 0 Å². The number of benzene rings is 2. The average molecular weight is 485 g/mol. The fraction of sp³-hybridized carbons (Fsp3) is 0.500. The Balaban J connectivity index is 1.35. The molecule has 0 unspecified atom stereocenters. The third-order valence-corrected chi connectivity index (χ3v) is 8.94. The molecule has 7 nitrogen and oxygen atoms in total. The molecule has 4 rings (SSSR count). The topological polar surface area (TPSA) is 73.0 Å². The summed E-state index contributed by atoms with van der Waals surface area (Å²) >= 11 is 0. The van der Waals surface area contributed by atoms with E-state index in [4.69, 9.17) is 0 Å². The van der Waals surface area contributed by atoms with Gasteiger partial charge < -0.3 is 10.2 Å². The van der Waals surface area contributed by atoms with E-state index in [9.17, 15) is 13.2 Å². The van der Waals surface area contributed by atoms with Crippen molar-refractivity contribution in [3.8, 4) is 0 Å². The maximum Gasteiger partial charge on any atom is 0.255 e. The number of carbonyl (C=O) groups excluding carboxylic acids is 1. The van der Waals surface area contributed by atoms with E-state index in [1.807, 2.05) is 24.3 Å². The van der Waals surface area contributed by atoms with Gasteiger partial charge in [-0.25, -0.2) is 8.42 Å². The molecule has 0 aliphatic carbocycles. The van der Waals surface area contributed by atoms with Crippen molar-refractivity contribution in [1.29, 1.82) is 0 Å². The van der Waals surface area contributed by atoms with Gasteiger partial charge in [-0.15, -0.1) is 0 Å². The first-order valence-electron chi connectivity index (χ1n) is 12.2. The molecule has 0 atom stereocenters. The van der Waals surface area contributed by atoms with Gasteiger partial charge in [-0.3, -0.25) is 9.69 Å². The largest absolute Gasteiger partial charge is 0.369 e. The molecule has 0 saturated carbocycles. The standard InChI is InChI=1S/C26H36N4O3S/c1-20(2)28-16-18-29(19-17-28)24-8-4-22(5-9-24)26(31)27-23-6-10-25(11-7-23)34(32,33)30-14-12-21(3)13-15-30/h4-11,20-21H,12-19H2,1-3H3,(H,27,31). The number of nitrogens with one attached hydrogen (secondary N) is 1. The fourth-order valence-corrected chi connectivity index (χ4v) is 6.08. The Morgan fingerprint density at radius 3 is 2.03 bits per heavy atom. The first-order chi connectivity index (χ1) is 16.2. The van der Waals surface area contributed by atoms with Gasteiger partial charge >= 0.3 is 0 Å². The van der Waals surface area contributed by atoms with E-state index in [0.29, 0.717) is 36.3 Å². The van der Waals surface area contributed by atoms with Crippen molar-refractivity contribution in [2.75, 3.05) is 49.5 Å². The molecule has 8 heteroatoms. The second-order valence-corrected chi connectivity index (χ2v) is 11.7. The number of rotatable bonds is 6. The van der Waals surface area contributed by atoms with Gasteiger partial charge in [-0.05, 0) is 81.1 Å². The van der Waals surface area contributed by atoms with Gasteiger partial charge in [0.25, 0.3) is 5.91 Å². The van der Waals surface area contributed by atoms with E-state index >= 15 is 0 Å². The molecule has 0 radical (unpaired) electrons. The molecule has 2 heterocycles. The second kappa shape index (κ2) is 10.5. The summed E-state index contributed by atoms with van der Waals surface area (Å²) in [5, 5.41) is 2.87. The summed E-state index contributed by atoms with van der Waals surface area (Å²) < 4.78 is 27.3. The third kappa shape index (κ3) is 5.62. The Morgan fingerprint density at radius 1 is 0.882 bits per heavy atom. The van der Waals surface area contributed by atoms with Crippen molar-refractivity contribution in [2.24, 2.45) is 5.92 Å². The SMILES string of the molecule is CC1CCN(S(=O)(=O)c2ccc(NC(=O)c3ccc(N4CCN(C(C)C)CC4)cc3)cc2)CC1. The first-order valence-corrected chi connectivity index (χ1v) is 13.7. The maximum atomic E-state index is 12.9. The van der Waals surface area contributed by atoms with Crippen LogP contribution in [0.25, 0.3) is 0 Å². The van der Waals surface area contributed by atoms with Gasteiger partial charge in [0.05, 0.1) is 4.90 Å². The summed E-state index contributed by atoms with van der Waals surface area (Å²) in [5.74, 6) is 0.352. The Hall–Kier alpha value is -2.42. The highest BCUT2D eigenvalue weighted by Gasteiger charge is 2.28. The van der Waals surface area contributed by atoms with E-state index in [1.165, 1.54) is 0 Å². The predicted molar refractivity (Wildman–Crippen MR) is 137 cm³/mol. The number of amides is 1. The molecule has 1 amide bonds. The van der Waals surface area contributed by atoms with Gasteiger partial charge in [-0.1, -0.05) is 6.92 Å². The van der Waals surface area contributed by atoms with Crippen LogP contribution in [0.15, 0.2) is 53.4 Å². The highest BCUT2D eigenvalue weighted by molar-refractivity contribution is 7.89. The van der Waals surface area contributed by atoms with Crippen LogP contribution < -0.4 is 10.2 Å². The van der Waals surface area contributed by atoms with E-state index in [1.54, 1.807) is 28.6 Å². The van der Waals surface area contributed by atoms with Crippen molar-refractivity contribution < 1.29 is 13.2 Å². The lowest BCUT2D eigenvalue weighted by atomic mass is 10.0. The van der Waals surface area contributed by atoms with E-state index < -0.39 is 10.0 Å². The molecule has 184 valence electrons. The van der Waals surface area contributed by atoms with Crippen molar-refractivity contribution in [2.45, 2.75) is 44.6 Å². The zero-order valence-electron chi connectivity index (χ0n) is 20.4. The quantitative estimate of drug-likeness (QED) is 0.674. The van der Waals surface area contributed by atoms with Crippen LogP contribution in [0.3, 0.4) is 0 Å². The molecule has 2 aromatic carbocycles. The lowest BCUT2D eigenvalue weighted by Crippen LogP contribution is -2.48. The van der Waals surface area contributed by atoms with Crippen molar-refractivity contribution in [3.05, 3.63) is 54.1 Å². The Labute approximate surface area is 203 Å². The van der Waals surface area contributed by atoms with E-state index in [2.05, 4.69) is 35.9 Å². The van der Waals surface area contributed by atoms with Crippen molar-refractivity contribution in [3.63, 3.8) is 0 Å². The summed E-state index contributed by atoms with van der Waals surface area (Å²) in [6, 6.07) is 14.7. The van der Waals surface area contributed by atoms with Crippen LogP contribution in [-0.4, -0.2) is 68.8 Å². The predicted octanol–water partition coefficient (Wildman–Crippen LogP) is 3.89. The molecular formula is C26H36N4O3S. The molecule has 2 aliphatic rings. The molecule has 0 aromatic heterocycles. The number of hydrogen-bond acceptors (Lipinski definition) is 5. The summed E-state index contributed by atoms with van der Waals surface area (Å²) in [6.07, 6.45) is 1.78. The van der Waals surface area contributed by atoms with Crippen LogP contribution in [0.2, 0.25) is 0 Å². The number of piperidine rings is 1. The average Bonchev–Trinajstić information content (AvgIpc) is 2.85. The van der Waals surface area contributed by atoms with Crippen molar-refractivity contribution >= 4 is 27.3 Å². The van der Waals surface area contributed by atoms with E-state index in [0.717, 1.165) is 44.7 Å². The highest BCUT2D eigenvalue weighted by atomic mass is 32.2.